The molecule has 4 rings (SSSR count). The van der Waals surface area contributed by atoms with Crippen molar-refractivity contribution < 1.29 is 19.8 Å². The van der Waals surface area contributed by atoms with Crippen molar-refractivity contribution in [3.8, 4) is 11.4 Å². The van der Waals surface area contributed by atoms with E-state index in [0.717, 1.165) is 5.56 Å². The van der Waals surface area contributed by atoms with E-state index in [1.165, 1.54) is 0 Å². The lowest BCUT2D eigenvalue weighted by Gasteiger charge is -2.15. The lowest BCUT2D eigenvalue weighted by molar-refractivity contribution is 0.0950. The number of nitrogens with zero attached hydrogens (tertiary/aromatic N) is 3. The molecule has 2 aromatic carbocycles. The Bertz CT molecular complexity index is 1430. The summed E-state index contributed by atoms with van der Waals surface area (Å²) in [5.74, 6) is -0.931. The Balaban J connectivity index is 1.98. The predicted octanol–water partition coefficient (Wildman–Crippen LogP) is 1.69. The van der Waals surface area contributed by atoms with Crippen molar-refractivity contribution in [2.45, 2.75) is 20.3 Å². The maximum absolute atomic E-state index is 12.4. The maximum atomic E-state index is 12.4. The number of benzene rings is 2. The first-order valence-electron chi connectivity index (χ1n) is 10.3. The van der Waals surface area contributed by atoms with E-state index in [0.29, 0.717) is 40.8 Å². The minimum Gasteiger partial charge on any atom is -0.508 e. The van der Waals surface area contributed by atoms with Gasteiger partial charge in [-0.05, 0) is 50.1 Å². The van der Waals surface area contributed by atoms with Gasteiger partial charge in [-0.25, -0.2) is 9.97 Å². The molecular formula is C23H24N6O4. The van der Waals surface area contributed by atoms with E-state index in [9.17, 15) is 14.7 Å². The Kier molecular flexibility index (Phi) is 5.60. The third kappa shape index (κ3) is 3.70. The van der Waals surface area contributed by atoms with Gasteiger partial charge in [-0.1, -0.05) is 6.07 Å². The number of aromatic nitrogens is 3. The van der Waals surface area contributed by atoms with Gasteiger partial charge >= 0.3 is 0 Å². The molecule has 0 saturated heterocycles. The summed E-state index contributed by atoms with van der Waals surface area (Å²) in [6.45, 7) is 3.90. The predicted molar refractivity (Wildman–Crippen MR) is 124 cm³/mol. The summed E-state index contributed by atoms with van der Waals surface area (Å²) < 4.78 is 1.56. The lowest BCUT2D eigenvalue weighted by atomic mass is 10.1. The fraction of sp³-hybridized carbons (Fsp3) is 0.217. The molecule has 0 radical (unpaired) electrons. The highest BCUT2D eigenvalue weighted by Crippen LogP contribution is 2.35. The zero-order valence-electron chi connectivity index (χ0n) is 18.2. The first-order valence-corrected chi connectivity index (χ1v) is 10.3. The molecule has 0 aliphatic rings. The summed E-state index contributed by atoms with van der Waals surface area (Å²) >= 11 is 0. The number of fused-ring (bicyclic) bond motifs is 2. The summed E-state index contributed by atoms with van der Waals surface area (Å²) in [5, 5.41) is 21.9. The van der Waals surface area contributed by atoms with Gasteiger partial charge < -0.3 is 27.0 Å². The molecule has 0 atom stereocenters. The molecule has 2 heterocycles. The summed E-state index contributed by atoms with van der Waals surface area (Å²) in [4.78, 5) is 33.9. The average molecular weight is 448 g/mol. The molecule has 10 heteroatoms. The number of aliphatic hydroxyl groups is 1. The first-order chi connectivity index (χ1) is 15.7. The van der Waals surface area contributed by atoms with Crippen LogP contribution in [0.25, 0.3) is 27.9 Å². The Morgan fingerprint density at radius 1 is 1.12 bits per heavy atom. The minimum absolute atomic E-state index is 0.0179. The van der Waals surface area contributed by atoms with Crippen molar-refractivity contribution in [2.75, 3.05) is 18.9 Å². The van der Waals surface area contributed by atoms with Gasteiger partial charge in [0.25, 0.3) is 11.8 Å². The molecule has 0 aliphatic heterocycles. The van der Waals surface area contributed by atoms with Crippen molar-refractivity contribution in [1.82, 2.24) is 19.9 Å². The van der Waals surface area contributed by atoms with Crippen molar-refractivity contribution in [1.29, 1.82) is 0 Å². The van der Waals surface area contributed by atoms with Crippen LogP contribution < -0.4 is 16.8 Å². The molecule has 10 nitrogen and oxygen atoms in total. The number of phenolic OH excluding ortho intramolecular Hbond substituents is 1. The molecule has 4 aromatic rings. The maximum Gasteiger partial charge on any atom is 0.254 e. The third-order valence-corrected chi connectivity index (χ3v) is 5.55. The Morgan fingerprint density at radius 3 is 2.58 bits per heavy atom. The number of primary amides is 1. The molecule has 7 N–H and O–H groups in total. The molecule has 2 aromatic heterocycles. The number of phenols is 1. The molecule has 0 fully saturated rings. The Labute approximate surface area is 188 Å². The molecule has 0 saturated carbocycles. The number of aryl methyl sites for hydroxylation is 1. The van der Waals surface area contributed by atoms with Crippen LogP contribution in [-0.2, 0) is 0 Å². The number of carbonyl (C=O) groups is 2. The molecule has 0 bridgehead atoms. The number of hydrogen-bond donors (Lipinski definition) is 5. The van der Waals surface area contributed by atoms with E-state index >= 15 is 0 Å². The SMILES string of the molecule is Cc1ccc(O)c(C)c1-n1c(N)c(C(N)=O)c2nc3ccc(C(=O)NCCCO)cc3nc21. The van der Waals surface area contributed by atoms with Gasteiger partial charge in [-0.3, -0.25) is 14.2 Å². The van der Waals surface area contributed by atoms with Crippen LogP contribution in [0.3, 0.4) is 0 Å². The van der Waals surface area contributed by atoms with E-state index in [4.69, 9.17) is 16.6 Å². The van der Waals surface area contributed by atoms with Gasteiger partial charge in [0.15, 0.2) is 5.65 Å². The van der Waals surface area contributed by atoms with E-state index in [-0.39, 0.29) is 40.8 Å². The van der Waals surface area contributed by atoms with Crippen molar-refractivity contribution in [3.05, 3.63) is 52.6 Å². The third-order valence-electron chi connectivity index (χ3n) is 5.55. The highest BCUT2D eigenvalue weighted by Gasteiger charge is 2.25. The van der Waals surface area contributed by atoms with E-state index < -0.39 is 5.91 Å². The number of rotatable bonds is 6. The van der Waals surface area contributed by atoms with Crippen LogP contribution in [0.4, 0.5) is 5.82 Å². The normalized spacial score (nSPS) is 11.2. The number of nitrogens with two attached hydrogens (primary N) is 2. The van der Waals surface area contributed by atoms with Crippen LogP contribution in [0.2, 0.25) is 0 Å². The van der Waals surface area contributed by atoms with Gasteiger partial charge in [0, 0.05) is 24.3 Å². The number of anilines is 1. The van der Waals surface area contributed by atoms with Gasteiger partial charge in [-0.15, -0.1) is 0 Å². The molecule has 0 unspecified atom stereocenters. The van der Waals surface area contributed by atoms with Crippen LogP contribution in [0, 0.1) is 13.8 Å². The van der Waals surface area contributed by atoms with Crippen LogP contribution in [0.1, 0.15) is 38.3 Å². The van der Waals surface area contributed by atoms with E-state index in [1.54, 1.807) is 41.8 Å². The lowest BCUT2D eigenvalue weighted by Crippen LogP contribution is -2.24. The minimum atomic E-state index is -0.750. The molecule has 0 spiro atoms. The smallest absolute Gasteiger partial charge is 0.254 e. The van der Waals surface area contributed by atoms with Crippen LogP contribution in [0.5, 0.6) is 5.75 Å². The summed E-state index contributed by atoms with van der Waals surface area (Å²) in [5.41, 5.74) is 15.7. The highest BCUT2D eigenvalue weighted by molar-refractivity contribution is 6.11. The number of aliphatic hydroxyl groups excluding tert-OH is 1. The van der Waals surface area contributed by atoms with Crippen molar-refractivity contribution in [3.63, 3.8) is 0 Å². The monoisotopic (exact) mass is 448 g/mol. The van der Waals surface area contributed by atoms with E-state index in [2.05, 4.69) is 15.3 Å². The Hall–Kier alpha value is -4.18. The number of amides is 2. The summed E-state index contributed by atoms with van der Waals surface area (Å²) in [7, 11) is 0. The number of carbonyl (C=O) groups excluding carboxylic acids is 2. The fourth-order valence-electron chi connectivity index (χ4n) is 3.88. The standard InChI is InChI=1S/C23H24N6O4/c1-11-4-7-16(31)12(2)19(11)29-20(24)17(21(25)32)18-22(29)28-15-10-13(5-6-14(15)27-18)23(33)26-8-3-9-30/h4-7,10,30-31H,3,8-9,24H2,1-2H3,(H2,25,32)(H,26,33). The number of aromatic hydroxyl groups is 1. The molecule has 2 amide bonds. The second kappa shape index (κ2) is 8.40. The van der Waals surface area contributed by atoms with Crippen LogP contribution in [-0.4, -0.2) is 49.7 Å². The zero-order chi connectivity index (χ0) is 23.9. The zero-order valence-corrected chi connectivity index (χ0v) is 18.2. The molecule has 170 valence electrons. The topological polar surface area (TPSA) is 169 Å². The number of nitrogens with one attached hydrogen (secondary N) is 1. The highest BCUT2D eigenvalue weighted by atomic mass is 16.3. The largest absolute Gasteiger partial charge is 0.508 e. The van der Waals surface area contributed by atoms with E-state index in [1.807, 2.05) is 6.92 Å². The number of nitrogen functional groups attached to an aromatic ring is 1. The molecule has 0 aliphatic carbocycles. The van der Waals surface area contributed by atoms with Gasteiger partial charge in [0.05, 0.1) is 16.7 Å². The Morgan fingerprint density at radius 2 is 1.88 bits per heavy atom. The molecular weight excluding hydrogens is 424 g/mol. The number of hydrogen-bond acceptors (Lipinski definition) is 7. The summed E-state index contributed by atoms with van der Waals surface area (Å²) in [6, 6.07) is 8.14. The second-order valence-corrected chi connectivity index (χ2v) is 7.77. The quantitative estimate of drug-likeness (QED) is 0.279. The van der Waals surface area contributed by atoms with Gasteiger partial charge in [-0.2, -0.15) is 0 Å². The van der Waals surface area contributed by atoms with Crippen LogP contribution >= 0.6 is 0 Å². The second-order valence-electron chi connectivity index (χ2n) is 7.77. The van der Waals surface area contributed by atoms with Gasteiger partial charge in [0.1, 0.15) is 22.6 Å². The molecule has 33 heavy (non-hydrogen) atoms. The van der Waals surface area contributed by atoms with Crippen molar-refractivity contribution >= 4 is 39.8 Å². The first kappa shape index (κ1) is 22.0. The van der Waals surface area contributed by atoms with Gasteiger partial charge in [0.2, 0.25) is 0 Å². The summed E-state index contributed by atoms with van der Waals surface area (Å²) in [6.07, 6.45) is 0.449. The average Bonchev–Trinajstić information content (AvgIpc) is 3.05. The fourth-order valence-corrected chi connectivity index (χ4v) is 3.88. The van der Waals surface area contributed by atoms with Crippen molar-refractivity contribution in [2.24, 2.45) is 5.73 Å². The van der Waals surface area contributed by atoms with Crippen LogP contribution in [0.15, 0.2) is 30.3 Å².